The summed E-state index contributed by atoms with van der Waals surface area (Å²) < 4.78 is 34.1. The van der Waals surface area contributed by atoms with Crippen LogP contribution in [0, 0.1) is 0 Å². The molecule has 67 heavy (non-hydrogen) atoms. The first kappa shape index (κ1) is 65.2. The van der Waals surface area contributed by atoms with Crippen molar-refractivity contribution < 1.29 is 42.1 Å². The molecule has 0 aromatic carbocycles. The number of carbonyl (C=O) groups is 2. The number of unbranched alkanes of at least 4 members (excludes halogenated alkanes) is 32. The van der Waals surface area contributed by atoms with Crippen LogP contribution in [0.2, 0.25) is 0 Å². The van der Waals surface area contributed by atoms with Crippen LogP contribution >= 0.6 is 7.82 Å². The molecule has 0 bridgehead atoms. The van der Waals surface area contributed by atoms with Crippen molar-refractivity contribution in [3.8, 4) is 0 Å². The Balaban J connectivity index is 4.17. The summed E-state index contributed by atoms with van der Waals surface area (Å²) in [5.41, 5.74) is 0. The number of hydrogen-bond acceptors (Lipinski definition) is 8. The van der Waals surface area contributed by atoms with Crippen molar-refractivity contribution in [2.75, 3.05) is 47.5 Å². The van der Waals surface area contributed by atoms with Gasteiger partial charge in [0.25, 0.3) is 7.82 Å². The highest BCUT2D eigenvalue weighted by atomic mass is 31.2. The first-order chi connectivity index (χ1) is 32.5. The van der Waals surface area contributed by atoms with E-state index in [-0.39, 0.29) is 32.0 Å². The fourth-order valence-electron chi connectivity index (χ4n) is 7.98. The number of quaternary nitrogens is 1. The molecule has 0 saturated carbocycles. The second-order valence-corrected chi connectivity index (χ2v) is 21.7. The maximum atomic E-state index is 12.8. The summed E-state index contributed by atoms with van der Waals surface area (Å²) in [6, 6.07) is 0. The van der Waals surface area contributed by atoms with Gasteiger partial charge in [0.2, 0.25) is 0 Å². The van der Waals surface area contributed by atoms with Crippen LogP contribution in [0.25, 0.3) is 0 Å². The molecular weight excluding hydrogens is 858 g/mol. The van der Waals surface area contributed by atoms with Gasteiger partial charge in [-0.15, -0.1) is 0 Å². The topological polar surface area (TPSA) is 111 Å². The molecule has 0 aliphatic heterocycles. The van der Waals surface area contributed by atoms with Crippen molar-refractivity contribution in [3.05, 3.63) is 36.5 Å². The first-order valence-corrected chi connectivity index (χ1v) is 29.7. The molecule has 0 fully saturated rings. The molecule has 0 N–H and O–H groups in total. The molecule has 2 atom stereocenters. The summed E-state index contributed by atoms with van der Waals surface area (Å²) in [5, 5.41) is 0. The summed E-state index contributed by atoms with van der Waals surface area (Å²) in [6.07, 6.45) is 58.9. The normalized spacial score (nSPS) is 13.6. The smallest absolute Gasteiger partial charge is 0.306 e. The minimum absolute atomic E-state index is 0.0307. The molecule has 0 aromatic rings. The van der Waals surface area contributed by atoms with Crippen LogP contribution < -0.4 is 4.89 Å². The van der Waals surface area contributed by atoms with Gasteiger partial charge in [-0.05, 0) is 70.6 Å². The number of phosphoric acid groups is 1. The van der Waals surface area contributed by atoms with Gasteiger partial charge in [0, 0.05) is 12.8 Å². The SMILES string of the molecule is CCCCCCC/C=C\C/C=C\CCCCCCCCCCCCCCCC(=O)OC(COC(=O)CCCCCCCCC/C=C\CCCCCCCCC)COP(=O)([O-])OCC[N+](C)(C)C. The molecule has 2 unspecified atom stereocenters. The van der Waals surface area contributed by atoms with E-state index in [1.54, 1.807) is 0 Å². The third kappa shape index (κ3) is 53.4. The van der Waals surface area contributed by atoms with Gasteiger partial charge < -0.3 is 27.9 Å². The van der Waals surface area contributed by atoms with Crippen molar-refractivity contribution in [2.24, 2.45) is 0 Å². The second kappa shape index (κ2) is 49.2. The summed E-state index contributed by atoms with van der Waals surface area (Å²) in [4.78, 5) is 37.8. The van der Waals surface area contributed by atoms with Crippen molar-refractivity contribution >= 4 is 19.8 Å². The van der Waals surface area contributed by atoms with Crippen molar-refractivity contribution in [2.45, 2.75) is 270 Å². The summed E-state index contributed by atoms with van der Waals surface area (Å²) >= 11 is 0. The van der Waals surface area contributed by atoms with Gasteiger partial charge in [0.05, 0.1) is 27.7 Å². The molecule has 0 heterocycles. The van der Waals surface area contributed by atoms with Crippen LogP contribution in [0.15, 0.2) is 36.5 Å². The number of carbonyl (C=O) groups excluding carboxylic acids is 2. The van der Waals surface area contributed by atoms with E-state index in [1.165, 1.54) is 173 Å². The zero-order valence-electron chi connectivity index (χ0n) is 44.6. The Hall–Kier alpha value is -1.77. The molecule has 0 saturated heterocycles. The number of likely N-dealkylation sites (N-methyl/N-ethyl adjacent to an activating group) is 1. The van der Waals surface area contributed by atoms with E-state index in [9.17, 15) is 19.0 Å². The van der Waals surface area contributed by atoms with Gasteiger partial charge in [-0.3, -0.25) is 14.2 Å². The van der Waals surface area contributed by atoms with Crippen LogP contribution in [0.1, 0.15) is 264 Å². The van der Waals surface area contributed by atoms with Crippen LogP contribution in [0.4, 0.5) is 0 Å². The molecule has 10 heteroatoms. The van der Waals surface area contributed by atoms with Gasteiger partial charge in [0.15, 0.2) is 6.10 Å². The van der Waals surface area contributed by atoms with Gasteiger partial charge in [-0.25, -0.2) is 0 Å². The molecule has 394 valence electrons. The highest BCUT2D eigenvalue weighted by molar-refractivity contribution is 7.45. The Kier molecular flexibility index (Phi) is 47.9. The molecule has 0 rings (SSSR count). The predicted octanol–water partition coefficient (Wildman–Crippen LogP) is 16.6. The van der Waals surface area contributed by atoms with E-state index in [4.69, 9.17) is 18.5 Å². The van der Waals surface area contributed by atoms with E-state index in [2.05, 4.69) is 50.3 Å². The molecule has 0 amide bonds. The minimum Gasteiger partial charge on any atom is -0.756 e. The Morgan fingerprint density at radius 3 is 1.19 bits per heavy atom. The highest BCUT2D eigenvalue weighted by Gasteiger charge is 2.21. The zero-order chi connectivity index (χ0) is 49.2. The average molecular weight is 966 g/mol. The number of hydrogen-bond donors (Lipinski definition) is 0. The van der Waals surface area contributed by atoms with Gasteiger partial charge in [-0.2, -0.15) is 0 Å². The van der Waals surface area contributed by atoms with Crippen LogP contribution in [-0.2, 0) is 32.7 Å². The summed E-state index contributed by atoms with van der Waals surface area (Å²) in [7, 11) is 1.17. The van der Waals surface area contributed by atoms with Crippen LogP contribution in [0.5, 0.6) is 0 Å². The maximum Gasteiger partial charge on any atom is 0.306 e. The number of esters is 2. The lowest BCUT2D eigenvalue weighted by molar-refractivity contribution is -0.870. The van der Waals surface area contributed by atoms with E-state index < -0.39 is 26.5 Å². The van der Waals surface area contributed by atoms with E-state index in [1.807, 2.05) is 21.1 Å². The molecule has 0 aromatic heterocycles. The second-order valence-electron chi connectivity index (χ2n) is 20.3. The molecule has 0 aliphatic carbocycles. The average Bonchev–Trinajstić information content (AvgIpc) is 3.29. The monoisotopic (exact) mass is 966 g/mol. The van der Waals surface area contributed by atoms with E-state index in [0.29, 0.717) is 17.4 Å². The largest absolute Gasteiger partial charge is 0.756 e. The lowest BCUT2D eigenvalue weighted by atomic mass is 10.0. The van der Waals surface area contributed by atoms with Crippen molar-refractivity contribution in [1.82, 2.24) is 0 Å². The van der Waals surface area contributed by atoms with Crippen molar-refractivity contribution in [1.29, 1.82) is 0 Å². The third-order valence-electron chi connectivity index (χ3n) is 12.4. The highest BCUT2D eigenvalue weighted by Crippen LogP contribution is 2.38. The molecule has 9 nitrogen and oxygen atoms in total. The molecule has 0 spiro atoms. The van der Waals surface area contributed by atoms with Crippen molar-refractivity contribution in [3.63, 3.8) is 0 Å². The number of nitrogens with zero attached hydrogens (tertiary/aromatic N) is 1. The lowest BCUT2D eigenvalue weighted by Crippen LogP contribution is -2.37. The van der Waals surface area contributed by atoms with Gasteiger partial charge in [0.1, 0.15) is 19.8 Å². The zero-order valence-corrected chi connectivity index (χ0v) is 45.5. The Labute approximate surface area is 414 Å². The number of ether oxygens (including phenoxy) is 2. The first-order valence-electron chi connectivity index (χ1n) is 28.2. The Bertz CT molecular complexity index is 1230. The van der Waals surface area contributed by atoms with Gasteiger partial charge in [-0.1, -0.05) is 217 Å². The van der Waals surface area contributed by atoms with Crippen LogP contribution in [0.3, 0.4) is 0 Å². The van der Waals surface area contributed by atoms with E-state index in [0.717, 1.165) is 57.8 Å². The fraction of sp³-hybridized carbons (Fsp3) is 0.860. The summed E-state index contributed by atoms with van der Waals surface area (Å²) in [6.45, 7) is 4.25. The minimum atomic E-state index is -4.63. The predicted molar refractivity (Wildman–Crippen MR) is 282 cm³/mol. The summed E-state index contributed by atoms with van der Waals surface area (Å²) in [5.74, 6) is -0.830. The number of rotatable bonds is 52. The molecular formula is C57H108NO8P. The maximum absolute atomic E-state index is 12.8. The number of phosphoric ester groups is 1. The molecule has 0 radical (unpaired) electrons. The Morgan fingerprint density at radius 2 is 0.806 bits per heavy atom. The van der Waals surface area contributed by atoms with E-state index >= 15 is 0 Å². The number of allylic oxidation sites excluding steroid dienone is 6. The standard InChI is InChI=1S/C57H108NO8P/c1-6-8-10-12-14-16-18-20-22-24-26-27-28-29-30-31-32-34-36-38-40-42-44-46-48-50-57(60)66-55(54-65-67(61,62)64-52-51-58(3,4)5)53-63-56(59)49-47-45-43-41-39-37-35-33-25-23-21-19-17-15-13-11-9-7-2/h18,20,23-26,55H,6-17,19,21-22,27-54H2,1-5H3/b20-18-,25-23-,26-24-. The molecule has 0 aliphatic rings. The third-order valence-corrected chi connectivity index (χ3v) is 13.3. The Morgan fingerprint density at radius 1 is 0.463 bits per heavy atom. The fourth-order valence-corrected chi connectivity index (χ4v) is 8.70. The quantitative estimate of drug-likeness (QED) is 0.0195. The lowest BCUT2D eigenvalue weighted by Gasteiger charge is -2.28. The van der Waals surface area contributed by atoms with Crippen LogP contribution in [-0.4, -0.2) is 70.0 Å². The van der Waals surface area contributed by atoms with Gasteiger partial charge >= 0.3 is 11.9 Å².